The van der Waals surface area contributed by atoms with E-state index in [1.165, 1.54) is 97.1 Å². The molecule has 0 fully saturated rings. The van der Waals surface area contributed by atoms with E-state index in [0.29, 0.717) is 0 Å². The molecule has 0 bridgehead atoms. The number of carboxylic acids is 2. The fraction of sp³-hybridized carbons (Fsp3) is 0.611. The van der Waals surface area contributed by atoms with Gasteiger partial charge in [0.05, 0.1) is 0 Å². The zero-order valence-electron chi connectivity index (χ0n) is 26.0. The van der Waals surface area contributed by atoms with Gasteiger partial charge in [0.25, 0.3) is 0 Å². The van der Waals surface area contributed by atoms with Crippen LogP contribution in [0.25, 0.3) is 0 Å². The Morgan fingerprint density at radius 2 is 0.732 bits per heavy atom. The SMILES string of the molecule is CCCCCCCCCCCC(=O)[O-].CCCCCCCCCCCC(=O)[O-].c1cc[c]([Sn+2][c]2ccccc2)cc1. The van der Waals surface area contributed by atoms with Gasteiger partial charge in [-0.3, -0.25) is 0 Å². The molecule has 2 rings (SSSR count). The Hall–Kier alpha value is -1.82. The Kier molecular flexibility index (Phi) is 29.7. The summed E-state index contributed by atoms with van der Waals surface area (Å²) < 4.78 is 3.08. The normalized spacial score (nSPS) is 10.0. The zero-order chi connectivity index (χ0) is 30.2. The fourth-order valence-electron chi connectivity index (χ4n) is 4.37. The number of hydrogen-bond donors (Lipinski definition) is 0. The quantitative estimate of drug-likeness (QED) is 0.104. The van der Waals surface area contributed by atoms with Crippen molar-refractivity contribution in [2.75, 3.05) is 0 Å². The van der Waals surface area contributed by atoms with Crippen LogP contribution in [0, 0.1) is 0 Å². The number of carbonyl (C=O) groups is 2. The maximum atomic E-state index is 10.1. The summed E-state index contributed by atoms with van der Waals surface area (Å²) in [5.41, 5.74) is 0. The average molecular weight is 672 g/mol. The number of hydrogen-bond acceptors (Lipinski definition) is 4. The molecule has 0 heterocycles. The van der Waals surface area contributed by atoms with E-state index in [9.17, 15) is 19.8 Å². The van der Waals surface area contributed by atoms with Crippen LogP contribution in [0.3, 0.4) is 0 Å². The first-order chi connectivity index (χ1) is 20.0. The van der Waals surface area contributed by atoms with Crippen LogP contribution in [-0.4, -0.2) is 33.1 Å². The molecule has 0 saturated heterocycles. The Bertz CT molecular complexity index is 756. The number of rotatable bonds is 22. The third kappa shape index (κ3) is 31.0. The summed E-state index contributed by atoms with van der Waals surface area (Å²) in [5, 5.41) is 20.2. The standard InChI is InChI=1S/2C12H24O2.2C6H5.Sn/c2*1-2-3-4-5-6-7-8-9-10-11-12(13)14;2*1-2-4-6-5-3-1;/h2*2-11H2,1H3,(H,13,14);2*1-5H;/q;;;;+2/p-2. The fourth-order valence-corrected chi connectivity index (χ4v) is 7.37. The van der Waals surface area contributed by atoms with Crippen molar-refractivity contribution < 1.29 is 19.8 Å². The van der Waals surface area contributed by atoms with Crippen molar-refractivity contribution in [3.05, 3.63) is 60.7 Å². The van der Waals surface area contributed by atoms with Gasteiger partial charge in [-0.15, -0.1) is 0 Å². The molecule has 0 aliphatic rings. The molecule has 0 unspecified atom stereocenters. The summed E-state index contributed by atoms with van der Waals surface area (Å²) >= 11 is -0.517. The van der Waals surface area contributed by atoms with Crippen molar-refractivity contribution in [1.29, 1.82) is 0 Å². The molecule has 228 valence electrons. The van der Waals surface area contributed by atoms with Gasteiger partial charge in [-0.1, -0.05) is 117 Å². The van der Waals surface area contributed by atoms with Crippen LogP contribution in [0.15, 0.2) is 60.7 Å². The molecule has 0 amide bonds. The van der Waals surface area contributed by atoms with Crippen molar-refractivity contribution in [1.82, 2.24) is 0 Å². The van der Waals surface area contributed by atoms with Crippen molar-refractivity contribution in [2.45, 2.75) is 142 Å². The van der Waals surface area contributed by atoms with Gasteiger partial charge >= 0.3 is 89.0 Å². The maximum absolute atomic E-state index is 10.1. The predicted molar refractivity (Wildman–Crippen MR) is 172 cm³/mol. The van der Waals surface area contributed by atoms with Gasteiger partial charge in [0.2, 0.25) is 0 Å². The summed E-state index contributed by atoms with van der Waals surface area (Å²) in [5.74, 6) is -1.82. The minimum absolute atomic E-state index is 0.232. The van der Waals surface area contributed by atoms with Gasteiger partial charge in [-0.25, -0.2) is 0 Å². The number of aliphatic carboxylic acids is 2. The number of unbranched alkanes of at least 4 members (excludes halogenated alkanes) is 16. The van der Waals surface area contributed by atoms with Crippen LogP contribution < -0.4 is 17.4 Å². The Morgan fingerprint density at radius 1 is 0.463 bits per heavy atom. The first-order valence-electron chi connectivity index (χ1n) is 16.3. The van der Waals surface area contributed by atoms with Crippen LogP contribution in [0.5, 0.6) is 0 Å². The van der Waals surface area contributed by atoms with E-state index < -0.39 is 33.1 Å². The first-order valence-corrected chi connectivity index (χ1v) is 19.1. The molecule has 0 aromatic heterocycles. The zero-order valence-corrected chi connectivity index (χ0v) is 28.9. The van der Waals surface area contributed by atoms with Gasteiger partial charge in [0.15, 0.2) is 0 Å². The van der Waals surface area contributed by atoms with E-state index in [1.54, 1.807) is 0 Å². The number of benzene rings is 2. The molecule has 0 N–H and O–H groups in total. The molecule has 2 aromatic carbocycles. The van der Waals surface area contributed by atoms with Gasteiger partial charge in [-0.2, -0.15) is 0 Å². The number of carboxylic acid groups (broad SMARTS) is 2. The molecule has 2 aromatic rings. The van der Waals surface area contributed by atoms with Gasteiger partial charge < -0.3 is 19.8 Å². The van der Waals surface area contributed by atoms with Crippen LogP contribution in [0.2, 0.25) is 0 Å². The Morgan fingerprint density at radius 3 is 1.00 bits per heavy atom. The molecule has 41 heavy (non-hydrogen) atoms. The molecule has 0 spiro atoms. The first kappa shape index (κ1) is 39.2. The predicted octanol–water partition coefficient (Wildman–Crippen LogP) is 6.66. The third-order valence-electron chi connectivity index (χ3n) is 6.81. The van der Waals surface area contributed by atoms with E-state index >= 15 is 0 Å². The summed E-state index contributed by atoms with van der Waals surface area (Å²) in [6.45, 7) is 4.44. The van der Waals surface area contributed by atoms with Crippen molar-refractivity contribution in [2.24, 2.45) is 0 Å². The van der Waals surface area contributed by atoms with Crippen LogP contribution in [-0.2, 0) is 9.59 Å². The summed E-state index contributed by atoms with van der Waals surface area (Å²) in [7, 11) is 0. The Labute approximate surface area is 262 Å². The molecular weight excluding hydrogens is 615 g/mol. The second-order valence-corrected chi connectivity index (χ2v) is 14.8. The monoisotopic (exact) mass is 672 g/mol. The summed E-state index contributed by atoms with van der Waals surface area (Å²) in [6, 6.07) is 21.6. The molecule has 0 saturated carbocycles. The molecule has 5 heteroatoms. The minimum atomic E-state index is -0.909. The van der Waals surface area contributed by atoms with Crippen molar-refractivity contribution >= 4 is 40.2 Å². The Balaban J connectivity index is 0.000000585. The van der Waals surface area contributed by atoms with Crippen molar-refractivity contribution in [3.8, 4) is 0 Å². The van der Waals surface area contributed by atoms with Gasteiger partial charge in [-0.05, 0) is 25.7 Å². The topological polar surface area (TPSA) is 80.3 Å². The molecule has 0 atom stereocenters. The molecule has 0 radical (unpaired) electrons. The van der Waals surface area contributed by atoms with Gasteiger partial charge in [0.1, 0.15) is 0 Å². The van der Waals surface area contributed by atoms with Crippen molar-refractivity contribution in [3.63, 3.8) is 0 Å². The second-order valence-electron chi connectivity index (χ2n) is 10.8. The van der Waals surface area contributed by atoms with Crippen LogP contribution in [0.4, 0.5) is 0 Å². The van der Waals surface area contributed by atoms with E-state index in [-0.39, 0.29) is 12.8 Å². The third-order valence-corrected chi connectivity index (χ3v) is 10.4. The molecule has 0 aliphatic carbocycles. The van der Waals surface area contributed by atoms with Crippen LogP contribution >= 0.6 is 0 Å². The molecular formula is C36H56O4Sn. The van der Waals surface area contributed by atoms with E-state index in [1.807, 2.05) is 0 Å². The summed E-state index contributed by atoms with van der Waals surface area (Å²) in [4.78, 5) is 20.2. The average Bonchev–Trinajstić information content (AvgIpc) is 2.97. The second kappa shape index (κ2) is 31.1. The molecule has 4 nitrogen and oxygen atoms in total. The van der Waals surface area contributed by atoms with Gasteiger partial charge in [0, 0.05) is 11.9 Å². The van der Waals surface area contributed by atoms with E-state index in [2.05, 4.69) is 74.5 Å². The molecule has 0 aliphatic heterocycles. The number of carbonyl (C=O) groups excluding carboxylic acids is 2. The summed E-state index contributed by atoms with van der Waals surface area (Å²) in [6.07, 6.45) is 22.3. The van der Waals surface area contributed by atoms with E-state index in [4.69, 9.17) is 0 Å². The van der Waals surface area contributed by atoms with Crippen LogP contribution in [0.1, 0.15) is 142 Å². The van der Waals surface area contributed by atoms with E-state index in [0.717, 1.165) is 25.7 Å².